The zero-order valence-electron chi connectivity index (χ0n) is 19.8. The summed E-state index contributed by atoms with van der Waals surface area (Å²) in [6, 6.07) is 18.1. The van der Waals surface area contributed by atoms with Crippen LogP contribution in [0.15, 0.2) is 71.4 Å². The summed E-state index contributed by atoms with van der Waals surface area (Å²) < 4.78 is 12.0. The van der Waals surface area contributed by atoms with Crippen molar-refractivity contribution in [1.29, 1.82) is 0 Å². The molecular weight excluding hydrogens is 410 g/mol. The second-order valence-corrected chi connectivity index (χ2v) is 8.27. The Kier molecular flexibility index (Phi) is 6.36. The average Bonchev–Trinajstić information content (AvgIpc) is 3.23. The van der Waals surface area contributed by atoms with Crippen molar-refractivity contribution in [3.63, 3.8) is 0 Å². The second kappa shape index (κ2) is 9.37. The lowest BCUT2D eigenvalue weighted by Crippen LogP contribution is -2.10. The Morgan fingerprint density at radius 2 is 1.79 bits per heavy atom. The van der Waals surface area contributed by atoms with Crippen LogP contribution in [0.1, 0.15) is 36.1 Å². The van der Waals surface area contributed by atoms with Gasteiger partial charge in [0.25, 0.3) is 0 Å². The maximum Gasteiger partial charge on any atom is 0.248 e. The Hall–Kier alpha value is -3.79. The van der Waals surface area contributed by atoms with Crippen molar-refractivity contribution in [2.24, 2.45) is 0 Å². The van der Waals surface area contributed by atoms with E-state index in [4.69, 9.17) is 9.15 Å². The van der Waals surface area contributed by atoms with E-state index in [2.05, 4.69) is 23.5 Å². The van der Waals surface area contributed by atoms with E-state index in [1.54, 1.807) is 12.3 Å². The predicted octanol–water partition coefficient (Wildman–Crippen LogP) is 7.47. The van der Waals surface area contributed by atoms with Crippen LogP contribution in [0.4, 0.5) is 5.69 Å². The van der Waals surface area contributed by atoms with Gasteiger partial charge in [-0.25, -0.2) is 0 Å². The molecule has 0 aliphatic carbocycles. The summed E-state index contributed by atoms with van der Waals surface area (Å²) in [7, 11) is 0. The molecule has 1 aromatic heterocycles. The number of nitrogens with one attached hydrogen (secondary N) is 1. The van der Waals surface area contributed by atoms with Crippen molar-refractivity contribution in [1.82, 2.24) is 0 Å². The lowest BCUT2D eigenvalue weighted by atomic mass is 9.96. The Bertz CT molecular complexity index is 1350. The number of anilines is 1. The maximum atomic E-state index is 12.9. The standard InChI is InChI=1S/C29H29NO3/c1-6-32-28-21(5)29-24(25(17-33-29)22-12-8-7-9-13-22)16-23(28)19(3)15-27(31)30-26-14-10-11-18(2)20(26)4/h7-17H,6H2,1-5H3,(H,30,31)/b19-15+. The Balaban J connectivity index is 1.78. The highest BCUT2D eigenvalue weighted by Crippen LogP contribution is 2.40. The van der Waals surface area contributed by atoms with E-state index in [-0.39, 0.29) is 5.91 Å². The number of carbonyl (C=O) groups is 1. The minimum atomic E-state index is -0.170. The largest absolute Gasteiger partial charge is 0.493 e. The summed E-state index contributed by atoms with van der Waals surface area (Å²) in [6.07, 6.45) is 3.42. The summed E-state index contributed by atoms with van der Waals surface area (Å²) >= 11 is 0. The topological polar surface area (TPSA) is 51.5 Å². The minimum absolute atomic E-state index is 0.170. The summed E-state index contributed by atoms with van der Waals surface area (Å²) in [5.74, 6) is 0.573. The molecule has 0 radical (unpaired) electrons. The number of fused-ring (bicyclic) bond motifs is 1. The van der Waals surface area contributed by atoms with Crippen molar-refractivity contribution in [2.45, 2.75) is 34.6 Å². The van der Waals surface area contributed by atoms with Gasteiger partial charge in [-0.2, -0.15) is 0 Å². The molecule has 0 spiro atoms. The van der Waals surface area contributed by atoms with Gasteiger partial charge in [0, 0.05) is 33.8 Å². The van der Waals surface area contributed by atoms with Crippen LogP contribution in [0.2, 0.25) is 0 Å². The molecule has 168 valence electrons. The number of hydrogen-bond donors (Lipinski definition) is 1. The van der Waals surface area contributed by atoms with Crippen molar-refractivity contribution in [3.8, 4) is 16.9 Å². The number of benzene rings is 3. The van der Waals surface area contributed by atoms with Gasteiger partial charge < -0.3 is 14.5 Å². The zero-order chi connectivity index (χ0) is 23.5. The van der Waals surface area contributed by atoms with E-state index in [0.717, 1.165) is 61.4 Å². The molecule has 4 nitrogen and oxygen atoms in total. The molecule has 1 heterocycles. The molecule has 4 heteroatoms. The highest BCUT2D eigenvalue weighted by molar-refractivity contribution is 6.06. The molecule has 1 amide bonds. The number of amides is 1. The van der Waals surface area contributed by atoms with Crippen LogP contribution >= 0.6 is 0 Å². The molecular formula is C29H29NO3. The molecule has 3 aromatic carbocycles. The molecule has 33 heavy (non-hydrogen) atoms. The van der Waals surface area contributed by atoms with Crippen LogP contribution in [0.5, 0.6) is 5.75 Å². The molecule has 0 aliphatic heterocycles. The molecule has 0 unspecified atom stereocenters. The monoisotopic (exact) mass is 439 g/mol. The maximum absolute atomic E-state index is 12.9. The molecule has 4 rings (SSSR count). The third-order valence-corrected chi connectivity index (χ3v) is 6.05. The Morgan fingerprint density at radius 1 is 1.03 bits per heavy atom. The second-order valence-electron chi connectivity index (χ2n) is 8.27. The molecule has 0 bridgehead atoms. The van der Waals surface area contributed by atoms with E-state index in [9.17, 15) is 4.79 Å². The van der Waals surface area contributed by atoms with Gasteiger partial charge in [-0.3, -0.25) is 4.79 Å². The number of ether oxygens (including phenoxy) is 1. The smallest absolute Gasteiger partial charge is 0.248 e. The number of carbonyl (C=O) groups excluding carboxylic acids is 1. The lowest BCUT2D eigenvalue weighted by molar-refractivity contribution is -0.111. The van der Waals surface area contributed by atoms with Crippen LogP contribution in [0.3, 0.4) is 0 Å². The average molecular weight is 440 g/mol. The van der Waals surface area contributed by atoms with Gasteiger partial charge in [0.05, 0.1) is 12.9 Å². The normalized spacial score (nSPS) is 11.6. The molecule has 0 aliphatic rings. The highest BCUT2D eigenvalue weighted by Gasteiger charge is 2.19. The first-order valence-corrected chi connectivity index (χ1v) is 11.2. The molecule has 0 fully saturated rings. The molecule has 0 atom stereocenters. The Labute approximate surface area is 194 Å². The van der Waals surface area contributed by atoms with Crippen molar-refractivity contribution in [2.75, 3.05) is 11.9 Å². The van der Waals surface area contributed by atoms with E-state index >= 15 is 0 Å². The quantitative estimate of drug-likeness (QED) is 0.317. The number of aryl methyl sites for hydroxylation is 2. The third kappa shape index (κ3) is 4.42. The van der Waals surface area contributed by atoms with E-state index in [1.807, 2.05) is 71.0 Å². The van der Waals surface area contributed by atoms with E-state index in [0.29, 0.717) is 6.61 Å². The Morgan fingerprint density at radius 3 is 2.52 bits per heavy atom. The van der Waals surface area contributed by atoms with Crippen molar-refractivity contribution < 1.29 is 13.9 Å². The van der Waals surface area contributed by atoms with Crippen LogP contribution in [-0.4, -0.2) is 12.5 Å². The first-order chi connectivity index (χ1) is 15.9. The minimum Gasteiger partial charge on any atom is -0.493 e. The summed E-state index contributed by atoms with van der Waals surface area (Å²) in [5.41, 5.74) is 8.57. The molecule has 0 saturated heterocycles. The van der Waals surface area contributed by atoms with Crippen molar-refractivity contribution in [3.05, 3.63) is 89.2 Å². The van der Waals surface area contributed by atoms with Gasteiger partial charge in [0.2, 0.25) is 5.91 Å². The van der Waals surface area contributed by atoms with Crippen LogP contribution in [0, 0.1) is 20.8 Å². The predicted molar refractivity (Wildman–Crippen MR) is 136 cm³/mol. The molecule has 4 aromatic rings. The van der Waals surface area contributed by atoms with Gasteiger partial charge in [-0.05, 0) is 69.0 Å². The van der Waals surface area contributed by atoms with Crippen LogP contribution in [0.25, 0.3) is 27.7 Å². The zero-order valence-corrected chi connectivity index (χ0v) is 19.8. The van der Waals surface area contributed by atoms with Crippen molar-refractivity contribution >= 4 is 28.1 Å². The van der Waals surface area contributed by atoms with E-state index < -0.39 is 0 Å². The summed E-state index contributed by atoms with van der Waals surface area (Å²) in [6.45, 7) is 10.5. The third-order valence-electron chi connectivity index (χ3n) is 6.05. The first-order valence-electron chi connectivity index (χ1n) is 11.2. The number of hydrogen-bond acceptors (Lipinski definition) is 3. The van der Waals surface area contributed by atoms with Gasteiger partial charge in [-0.15, -0.1) is 0 Å². The number of furan rings is 1. The highest BCUT2D eigenvalue weighted by atomic mass is 16.5. The van der Waals surface area contributed by atoms with Gasteiger partial charge in [0.1, 0.15) is 11.3 Å². The fourth-order valence-electron chi connectivity index (χ4n) is 4.11. The van der Waals surface area contributed by atoms with Gasteiger partial charge in [-0.1, -0.05) is 42.5 Å². The fraction of sp³-hybridized carbons (Fsp3) is 0.207. The SMILES string of the molecule is CCOc1c(/C(C)=C/C(=O)Nc2cccc(C)c2C)cc2c(-c3ccccc3)coc2c1C. The first kappa shape index (κ1) is 22.4. The van der Waals surface area contributed by atoms with E-state index in [1.165, 1.54) is 0 Å². The number of allylic oxidation sites excluding steroid dienone is 1. The van der Waals surface area contributed by atoms with Crippen LogP contribution in [-0.2, 0) is 4.79 Å². The lowest BCUT2D eigenvalue weighted by Gasteiger charge is -2.15. The summed E-state index contributed by atoms with van der Waals surface area (Å²) in [5, 5.41) is 4.01. The van der Waals surface area contributed by atoms with Crippen LogP contribution < -0.4 is 10.1 Å². The molecule has 0 saturated carbocycles. The van der Waals surface area contributed by atoms with Gasteiger partial charge in [0.15, 0.2) is 0 Å². The summed E-state index contributed by atoms with van der Waals surface area (Å²) in [4.78, 5) is 12.9. The number of rotatable bonds is 6. The molecule has 1 N–H and O–H groups in total. The fourth-order valence-corrected chi connectivity index (χ4v) is 4.11. The van der Waals surface area contributed by atoms with Gasteiger partial charge >= 0.3 is 0 Å².